The summed E-state index contributed by atoms with van der Waals surface area (Å²) >= 11 is 0. The third-order valence-electron chi connectivity index (χ3n) is 6.57. The summed E-state index contributed by atoms with van der Waals surface area (Å²) in [5.41, 5.74) is 9.59. The number of methoxy groups -OCH3 is 1. The van der Waals surface area contributed by atoms with Crippen LogP contribution < -0.4 is 5.73 Å². The molecule has 0 saturated carbocycles. The molecule has 9 nitrogen and oxygen atoms in total. The number of aromatic nitrogens is 5. The minimum absolute atomic E-state index is 0.0210. The van der Waals surface area contributed by atoms with Crippen LogP contribution in [0.15, 0.2) is 49.3 Å². The van der Waals surface area contributed by atoms with E-state index in [0.717, 1.165) is 40.2 Å². The molecule has 2 N–H and O–H groups in total. The second-order valence-electron chi connectivity index (χ2n) is 8.69. The highest BCUT2D eigenvalue weighted by molar-refractivity contribution is 5.93. The number of amides is 1. The molecule has 5 rings (SSSR count). The highest BCUT2D eigenvalue weighted by atomic mass is 16.5. The third kappa shape index (κ3) is 4.13. The van der Waals surface area contributed by atoms with Gasteiger partial charge in [0.25, 0.3) is 0 Å². The molecule has 3 aromatic heterocycles. The van der Waals surface area contributed by atoms with Gasteiger partial charge in [0.2, 0.25) is 5.91 Å². The van der Waals surface area contributed by atoms with E-state index in [9.17, 15) is 4.79 Å². The van der Waals surface area contributed by atoms with Gasteiger partial charge in [-0.2, -0.15) is 10.2 Å². The number of carbonyl (C=O) groups excluding carboxylic acids is 1. The number of anilines is 1. The Labute approximate surface area is 203 Å². The zero-order chi connectivity index (χ0) is 24.5. The number of rotatable bonds is 5. The minimum Gasteiger partial charge on any atom is -0.385 e. The molecule has 4 aromatic rings. The summed E-state index contributed by atoms with van der Waals surface area (Å²) in [5.74, 6) is 6.72. The lowest BCUT2D eigenvalue weighted by Crippen LogP contribution is -2.35. The van der Waals surface area contributed by atoms with Crippen LogP contribution in [0.5, 0.6) is 0 Å². The monoisotopic (exact) mass is 469 g/mol. The Morgan fingerprint density at radius 1 is 1.31 bits per heavy atom. The maximum Gasteiger partial charge on any atom is 0.246 e. The van der Waals surface area contributed by atoms with E-state index in [1.165, 1.54) is 6.08 Å². The summed E-state index contributed by atoms with van der Waals surface area (Å²) in [7, 11) is 3.58. The quantitative estimate of drug-likeness (QED) is 0.356. The third-order valence-corrected chi connectivity index (χ3v) is 6.57. The van der Waals surface area contributed by atoms with Crippen molar-refractivity contribution in [2.75, 3.05) is 26.0 Å². The lowest BCUT2D eigenvalue weighted by atomic mass is 10.1. The molecule has 1 fully saturated rings. The van der Waals surface area contributed by atoms with E-state index in [4.69, 9.17) is 15.6 Å². The number of fused-ring (bicyclic) bond motifs is 2. The predicted molar refractivity (Wildman–Crippen MR) is 134 cm³/mol. The molecule has 178 valence electrons. The number of carbonyl (C=O) groups is 1. The summed E-state index contributed by atoms with van der Waals surface area (Å²) in [6.07, 6.45) is 6.36. The molecule has 9 heteroatoms. The maximum atomic E-state index is 12.5. The number of nitrogens with zero attached hydrogens (tertiary/aromatic N) is 6. The van der Waals surface area contributed by atoms with Gasteiger partial charge in [-0.25, -0.2) is 4.98 Å². The molecule has 1 aromatic carbocycles. The van der Waals surface area contributed by atoms with Crippen LogP contribution in [0.3, 0.4) is 0 Å². The number of pyridine rings is 1. The van der Waals surface area contributed by atoms with Crippen LogP contribution in [-0.2, 0) is 16.6 Å². The molecule has 0 aliphatic carbocycles. The first kappa shape index (κ1) is 22.6. The summed E-state index contributed by atoms with van der Waals surface area (Å²) in [5, 5.41) is 10.9. The summed E-state index contributed by atoms with van der Waals surface area (Å²) < 4.78 is 9.04. The van der Waals surface area contributed by atoms with Gasteiger partial charge in [0, 0.05) is 50.5 Å². The Balaban J connectivity index is 1.52. The van der Waals surface area contributed by atoms with E-state index >= 15 is 0 Å². The number of aryl methyl sites for hydroxylation is 1. The normalized spacial score (nSPS) is 17.6. The van der Waals surface area contributed by atoms with Gasteiger partial charge in [-0.3, -0.25) is 14.2 Å². The molecule has 4 heterocycles. The first-order valence-electron chi connectivity index (χ1n) is 11.5. The van der Waals surface area contributed by atoms with Crippen LogP contribution in [0.25, 0.3) is 21.8 Å². The molecule has 2 atom stereocenters. The van der Waals surface area contributed by atoms with Gasteiger partial charge in [-0.05, 0) is 49.1 Å². The number of hydrogen-bond acceptors (Lipinski definition) is 6. The molecular weight excluding hydrogens is 442 g/mol. The topological polar surface area (TPSA) is 104 Å². The average Bonchev–Trinajstić information content (AvgIpc) is 3.56. The van der Waals surface area contributed by atoms with Crippen LogP contribution in [0.4, 0.5) is 5.82 Å². The van der Waals surface area contributed by atoms with Gasteiger partial charge >= 0.3 is 0 Å². The number of hydrogen-bond donors (Lipinski definition) is 1. The maximum absolute atomic E-state index is 12.5. The van der Waals surface area contributed by atoms with Crippen LogP contribution in [0, 0.1) is 11.8 Å². The number of nitrogens with two attached hydrogens (primary N) is 1. The molecule has 1 aliphatic heterocycles. The van der Waals surface area contributed by atoms with Gasteiger partial charge in [-0.1, -0.05) is 12.5 Å². The molecule has 35 heavy (non-hydrogen) atoms. The van der Waals surface area contributed by atoms with Gasteiger partial charge in [0.1, 0.15) is 11.5 Å². The van der Waals surface area contributed by atoms with Gasteiger partial charge < -0.3 is 15.4 Å². The van der Waals surface area contributed by atoms with Crippen molar-refractivity contribution >= 4 is 33.5 Å². The molecule has 1 unspecified atom stereocenters. The highest BCUT2D eigenvalue weighted by Gasteiger charge is 2.36. The SMILES string of the molecule is C=CC(=O)N1CC(n2nc(C#Cc3ccc4c(cnn4C)c3)c3c(N)nccc32)C[C@@H]1CCOC. The second-order valence-corrected chi connectivity index (χ2v) is 8.69. The Morgan fingerprint density at radius 3 is 2.97 bits per heavy atom. The first-order valence-corrected chi connectivity index (χ1v) is 11.5. The van der Waals surface area contributed by atoms with E-state index < -0.39 is 0 Å². The molecule has 1 amide bonds. The van der Waals surface area contributed by atoms with Gasteiger partial charge in [0.05, 0.1) is 28.7 Å². The molecule has 0 bridgehead atoms. The predicted octanol–water partition coefficient (Wildman–Crippen LogP) is 2.66. The van der Waals surface area contributed by atoms with E-state index in [0.29, 0.717) is 24.7 Å². The van der Waals surface area contributed by atoms with Crippen LogP contribution in [0.2, 0.25) is 0 Å². The zero-order valence-electron chi connectivity index (χ0n) is 19.8. The van der Waals surface area contributed by atoms with Crippen molar-refractivity contribution in [2.45, 2.75) is 24.9 Å². The van der Waals surface area contributed by atoms with E-state index in [1.807, 2.05) is 51.8 Å². The van der Waals surface area contributed by atoms with Gasteiger partial charge in [0.15, 0.2) is 0 Å². The average molecular weight is 470 g/mol. The number of likely N-dealkylation sites (tertiary alicyclic amines) is 1. The smallest absolute Gasteiger partial charge is 0.246 e. The van der Waals surface area contributed by atoms with Crippen molar-refractivity contribution in [2.24, 2.45) is 7.05 Å². The fourth-order valence-corrected chi connectivity index (χ4v) is 4.83. The van der Waals surface area contributed by atoms with Crippen molar-refractivity contribution in [3.05, 3.63) is 60.6 Å². The van der Waals surface area contributed by atoms with Gasteiger partial charge in [-0.15, -0.1) is 0 Å². The Bertz CT molecular complexity index is 1490. The Hall–Kier alpha value is -4.16. The largest absolute Gasteiger partial charge is 0.385 e. The summed E-state index contributed by atoms with van der Waals surface area (Å²) in [6, 6.07) is 7.90. The van der Waals surface area contributed by atoms with Crippen molar-refractivity contribution in [1.29, 1.82) is 0 Å². The van der Waals surface area contributed by atoms with Crippen LogP contribution in [0.1, 0.15) is 30.1 Å². The fourth-order valence-electron chi connectivity index (χ4n) is 4.83. The molecule has 0 spiro atoms. The van der Waals surface area contributed by atoms with Crippen molar-refractivity contribution < 1.29 is 9.53 Å². The molecule has 0 radical (unpaired) electrons. The number of ether oxygens (including phenoxy) is 1. The van der Waals surface area contributed by atoms with Crippen LogP contribution >= 0.6 is 0 Å². The highest BCUT2D eigenvalue weighted by Crippen LogP contribution is 2.33. The molecule has 1 aliphatic rings. The van der Waals surface area contributed by atoms with Crippen LogP contribution in [-0.4, -0.2) is 61.7 Å². The number of nitrogen functional groups attached to an aromatic ring is 1. The first-order chi connectivity index (χ1) is 17.0. The minimum atomic E-state index is -0.0861. The summed E-state index contributed by atoms with van der Waals surface area (Å²) in [4.78, 5) is 18.6. The van der Waals surface area contributed by atoms with Crippen molar-refractivity contribution in [3.8, 4) is 11.8 Å². The van der Waals surface area contributed by atoms with E-state index in [-0.39, 0.29) is 18.0 Å². The second kappa shape index (κ2) is 9.24. The van der Waals surface area contributed by atoms with E-state index in [2.05, 4.69) is 28.5 Å². The molecule has 1 saturated heterocycles. The van der Waals surface area contributed by atoms with E-state index in [1.54, 1.807) is 13.3 Å². The standard InChI is InChI=1S/C26H27N7O2/c1-4-24(34)32-16-20(14-19(32)10-12-35-3)33-23-9-11-28-26(27)25(23)21(30-33)7-5-17-6-8-22-18(13-17)15-29-31(22)2/h4,6,8-9,11,13,15,19-20H,1,10,12,14,16H2,2-3H3,(H2,27,28)/t19-,20?/m0/s1. The lowest BCUT2D eigenvalue weighted by Gasteiger charge is -2.22. The number of benzene rings is 1. The Kier molecular flexibility index (Phi) is 5.97. The Morgan fingerprint density at radius 2 is 2.17 bits per heavy atom. The summed E-state index contributed by atoms with van der Waals surface area (Å²) in [6.45, 7) is 4.77. The molecular formula is C26H27N7O2. The van der Waals surface area contributed by atoms with Crippen molar-refractivity contribution in [3.63, 3.8) is 0 Å². The zero-order valence-corrected chi connectivity index (χ0v) is 19.8. The fraction of sp³-hybridized carbons (Fsp3) is 0.308. The van der Waals surface area contributed by atoms with Crippen molar-refractivity contribution in [1.82, 2.24) is 29.4 Å². The lowest BCUT2D eigenvalue weighted by molar-refractivity contribution is -0.127.